The smallest absolute Gasteiger partial charge is 0.348 e. The molecule has 5 nitrogen and oxygen atoms in total. The Morgan fingerprint density at radius 1 is 1.39 bits per heavy atom. The van der Waals surface area contributed by atoms with Crippen LogP contribution in [0, 0.1) is 0 Å². The molecule has 0 spiro atoms. The molecule has 2 rings (SSSR count). The number of pyridine rings is 1. The van der Waals surface area contributed by atoms with Gasteiger partial charge in [0.1, 0.15) is 9.48 Å². The standard InChI is InChI=1S/C11H7BrN2O3S/c12-9-6(2-1-4-13-9)10(15)14-7-3-5-18-8(7)11(16)17/h1-5H,(H,14,15)(H,16,17). The van der Waals surface area contributed by atoms with Crippen LogP contribution in [0.15, 0.2) is 34.4 Å². The number of thiophene rings is 1. The minimum Gasteiger partial charge on any atom is -0.477 e. The Balaban J connectivity index is 2.25. The van der Waals surface area contributed by atoms with E-state index in [0.29, 0.717) is 10.2 Å². The van der Waals surface area contributed by atoms with Gasteiger partial charge in [0, 0.05) is 6.20 Å². The van der Waals surface area contributed by atoms with Gasteiger partial charge in [-0.05, 0) is 39.5 Å². The fourth-order valence-electron chi connectivity index (χ4n) is 1.32. The monoisotopic (exact) mass is 326 g/mol. The van der Waals surface area contributed by atoms with Crippen molar-refractivity contribution in [3.63, 3.8) is 0 Å². The fourth-order valence-corrected chi connectivity index (χ4v) is 2.44. The van der Waals surface area contributed by atoms with Crippen LogP contribution in [0.3, 0.4) is 0 Å². The number of halogens is 1. The molecule has 0 fully saturated rings. The zero-order valence-corrected chi connectivity index (χ0v) is 11.3. The average molecular weight is 327 g/mol. The lowest BCUT2D eigenvalue weighted by molar-refractivity contribution is 0.0703. The molecule has 0 atom stereocenters. The van der Waals surface area contributed by atoms with E-state index in [1.165, 1.54) is 0 Å². The van der Waals surface area contributed by atoms with Crippen LogP contribution in [0.25, 0.3) is 0 Å². The van der Waals surface area contributed by atoms with Crippen LogP contribution >= 0.6 is 27.3 Å². The summed E-state index contributed by atoms with van der Waals surface area (Å²) in [6.45, 7) is 0. The molecule has 2 aromatic rings. The summed E-state index contributed by atoms with van der Waals surface area (Å²) in [6, 6.07) is 4.78. The Labute approximate surface area is 115 Å². The van der Waals surface area contributed by atoms with Crippen molar-refractivity contribution in [3.8, 4) is 0 Å². The summed E-state index contributed by atoms with van der Waals surface area (Å²) in [4.78, 5) is 26.9. The maximum atomic E-state index is 11.9. The first-order chi connectivity index (χ1) is 8.59. The zero-order chi connectivity index (χ0) is 13.1. The van der Waals surface area contributed by atoms with E-state index in [4.69, 9.17) is 5.11 Å². The third-order valence-electron chi connectivity index (χ3n) is 2.11. The molecule has 0 aliphatic rings. The van der Waals surface area contributed by atoms with Gasteiger partial charge in [0.25, 0.3) is 5.91 Å². The van der Waals surface area contributed by atoms with Gasteiger partial charge in [-0.25, -0.2) is 9.78 Å². The van der Waals surface area contributed by atoms with Gasteiger partial charge >= 0.3 is 5.97 Å². The summed E-state index contributed by atoms with van der Waals surface area (Å²) in [5.74, 6) is -1.47. The molecule has 0 saturated heterocycles. The van der Waals surface area contributed by atoms with Gasteiger partial charge in [0.15, 0.2) is 0 Å². The van der Waals surface area contributed by atoms with E-state index in [0.717, 1.165) is 11.3 Å². The molecule has 0 saturated carbocycles. The van der Waals surface area contributed by atoms with Crippen LogP contribution in [0.2, 0.25) is 0 Å². The highest BCUT2D eigenvalue weighted by Gasteiger charge is 2.16. The van der Waals surface area contributed by atoms with Crippen LogP contribution in [0.4, 0.5) is 5.69 Å². The molecule has 0 bridgehead atoms. The van der Waals surface area contributed by atoms with Crippen molar-refractivity contribution in [3.05, 3.63) is 44.8 Å². The largest absolute Gasteiger partial charge is 0.477 e. The van der Waals surface area contributed by atoms with E-state index in [9.17, 15) is 9.59 Å². The molecule has 0 aliphatic heterocycles. The number of hydrogen-bond acceptors (Lipinski definition) is 4. The van der Waals surface area contributed by atoms with Crippen molar-refractivity contribution >= 4 is 44.8 Å². The maximum Gasteiger partial charge on any atom is 0.348 e. The molecule has 7 heteroatoms. The second-order valence-electron chi connectivity index (χ2n) is 3.26. The maximum absolute atomic E-state index is 11.9. The van der Waals surface area contributed by atoms with Gasteiger partial charge in [-0.2, -0.15) is 0 Å². The Morgan fingerprint density at radius 2 is 2.17 bits per heavy atom. The first kappa shape index (κ1) is 12.7. The van der Waals surface area contributed by atoms with Gasteiger partial charge in [0.2, 0.25) is 0 Å². The number of hydrogen-bond donors (Lipinski definition) is 2. The van der Waals surface area contributed by atoms with Gasteiger partial charge < -0.3 is 10.4 Å². The summed E-state index contributed by atoms with van der Waals surface area (Å²) in [6.07, 6.45) is 1.55. The normalized spacial score (nSPS) is 10.1. The van der Waals surface area contributed by atoms with Crippen molar-refractivity contribution < 1.29 is 14.7 Å². The minimum atomic E-state index is -1.06. The first-order valence-corrected chi connectivity index (χ1v) is 6.49. The third kappa shape index (κ3) is 2.57. The Morgan fingerprint density at radius 3 is 2.83 bits per heavy atom. The van der Waals surface area contributed by atoms with Crippen molar-refractivity contribution in [2.75, 3.05) is 5.32 Å². The molecular weight excluding hydrogens is 320 g/mol. The summed E-state index contributed by atoms with van der Waals surface area (Å²) in [5, 5.41) is 13.1. The Hall–Kier alpha value is -1.73. The number of amides is 1. The van der Waals surface area contributed by atoms with Crippen LogP contribution in [-0.4, -0.2) is 22.0 Å². The molecule has 0 aliphatic carbocycles. The van der Waals surface area contributed by atoms with E-state index >= 15 is 0 Å². The molecule has 92 valence electrons. The van der Waals surface area contributed by atoms with Gasteiger partial charge in [0.05, 0.1) is 11.3 Å². The summed E-state index contributed by atoms with van der Waals surface area (Å²) in [7, 11) is 0. The van der Waals surface area contributed by atoms with Crippen molar-refractivity contribution in [1.82, 2.24) is 4.98 Å². The molecule has 1 amide bonds. The molecule has 0 radical (unpaired) electrons. The zero-order valence-electron chi connectivity index (χ0n) is 8.88. The van der Waals surface area contributed by atoms with Crippen molar-refractivity contribution in [2.24, 2.45) is 0 Å². The molecule has 18 heavy (non-hydrogen) atoms. The van der Waals surface area contributed by atoms with E-state index in [-0.39, 0.29) is 10.6 Å². The topological polar surface area (TPSA) is 79.3 Å². The molecule has 0 unspecified atom stereocenters. The van der Waals surface area contributed by atoms with Crippen molar-refractivity contribution in [2.45, 2.75) is 0 Å². The van der Waals surface area contributed by atoms with Gasteiger partial charge in [-0.1, -0.05) is 0 Å². The lowest BCUT2D eigenvalue weighted by Gasteiger charge is -2.05. The van der Waals surface area contributed by atoms with Crippen molar-refractivity contribution in [1.29, 1.82) is 0 Å². The van der Waals surface area contributed by atoms with E-state index in [1.807, 2.05) is 0 Å². The highest BCUT2D eigenvalue weighted by atomic mass is 79.9. The van der Waals surface area contributed by atoms with E-state index < -0.39 is 11.9 Å². The number of carboxylic acids is 1. The summed E-state index contributed by atoms with van der Waals surface area (Å²) < 4.78 is 0.412. The number of nitrogens with one attached hydrogen (secondary N) is 1. The summed E-state index contributed by atoms with van der Waals surface area (Å²) >= 11 is 4.22. The number of carbonyl (C=O) groups is 2. The first-order valence-electron chi connectivity index (χ1n) is 4.82. The number of rotatable bonds is 3. The number of nitrogens with zero attached hydrogens (tertiary/aromatic N) is 1. The third-order valence-corrected chi connectivity index (χ3v) is 3.65. The lowest BCUT2D eigenvalue weighted by atomic mass is 10.2. The number of anilines is 1. The predicted octanol–water partition coefficient (Wildman–Crippen LogP) is 2.86. The lowest BCUT2D eigenvalue weighted by Crippen LogP contribution is -2.14. The van der Waals surface area contributed by atoms with Crippen LogP contribution < -0.4 is 5.32 Å². The Bertz CT molecular complexity index is 612. The van der Waals surface area contributed by atoms with Crippen LogP contribution in [0.5, 0.6) is 0 Å². The SMILES string of the molecule is O=C(Nc1ccsc1C(=O)O)c1cccnc1Br. The molecule has 0 aromatic carbocycles. The molecule has 2 aromatic heterocycles. The van der Waals surface area contributed by atoms with Crippen LogP contribution in [0.1, 0.15) is 20.0 Å². The second kappa shape index (κ2) is 5.28. The van der Waals surface area contributed by atoms with Gasteiger partial charge in [-0.3, -0.25) is 4.79 Å². The molecular formula is C11H7BrN2O3S. The average Bonchev–Trinajstić information content (AvgIpc) is 2.77. The number of carbonyl (C=O) groups excluding carboxylic acids is 1. The Kier molecular flexibility index (Phi) is 3.73. The summed E-state index contributed by atoms with van der Waals surface area (Å²) in [5.41, 5.74) is 0.633. The van der Waals surface area contributed by atoms with Gasteiger partial charge in [-0.15, -0.1) is 11.3 Å². The minimum absolute atomic E-state index is 0.100. The van der Waals surface area contributed by atoms with E-state index in [2.05, 4.69) is 26.2 Å². The number of aromatic carboxylic acids is 1. The van der Waals surface area contributed by atoms with E-state index in [1.54, 1.807) is 29.8 Å². The second-order valence-corrected chi connectivity index (χ2v) is 4.93. The predicted molar refractivity (Wildman–Crippen MR) is 71.2 cm³/mol. The highest BCUT2D eigenvalue weighted by molar-refractivity contribution is 9.10. The highest BCUT2D eigenvalue weighted by Crippen LogP contribution is 2.23. The molecule has 2 N–H and O–H groups in total. The quantitative estimate of drug-likeness (QED) is 0.850. The van der Waals surface area contributed by atoms with Crippen LogP contribution in [-0.2, 0) is 0 Å². The number of aromatic nitrogens is 1. The number of carboxylic acid groups (broad SMARTS) is 1. The molecule has 2 heterocycles. The fraction of sp³-hybridized carbons (Fsp3) is 0.